The summed E-state index contributed by atoms with van der Waals surface area (Å²) in [5.74, 6) is 0.915. The van der Waals surface area contributed by atoms with Crippen molar-refractivity contribution >= 4 is 22.8 Å². The Morgan fingerprint density at radius 3 is 2.84 bits per heavy atom. The molecule has 0 atom stereocenters. The number of piperidine rings is 1. The Morgan fingerprint density at radius 2 is 2.04 bits per heavy atom. The molecule has 2 aromatic heterocycles. The van der Waals surface area contributed by atoms with Crippen LogP contribution in [0.15, 0.2) is 36.8 Å². The van der Waals surface area contributed by atoms with Gasteiger partial charge in [0.2, 0.25) is 0 Å². The smallest absolute Gasteiger partial charge is 0.254 e. The van der Waals surface area contributed by atoms with E-state index in [9.17, 15) is 4.79 Å². The molecule has 3 heterocycles. The first kappa shape index (κ1) is 15.6. The third kappa shape index (κ3) is 3.05. The molecule has 0 bridgehead atoms. The van der Waals surface area contributed by atoms with Gasteiger partial charge in [0.05, 0.1) is 11.6 Å². The van der Waals surface area contributed by atoms with E-state index < -0.39 is 0 Å². The molecular weight excluding hydrogens is 316 g/mol. The second kappa shape index (κ2) is 6.51. The van der Waals surface area contributed by atoms with Crippen molar-refractivity contribution in [1.82, 2.24) is 25.1 Å². The number of nitrogens with zero attached hydrogens (tertiary/aromatic N) is 4. The number of nitrogens with one attached hydrogen (secondary N) is 2. The van der Waals surface area contributed by atoms with Gasteiger partial charge < -0.3 is 10.2 Å². The molecule has 1 aromatic carbocycles. The molecule has 0 spiro atoms. The van der Waals surface area contributed by atoms with Gasteiger partial charge in [-0.05, 0) is 31.4 Å². The van der Waals surface area contributed by atoms with Crippen molar-refractivity contribution in [3.05, 3.63) is 47.9 Å². The van der Waals surface area contributed by atoms with Gasteiger partial charge in [0, 0.05) is 24.7 Å². The molecule has 0 saturated carbocycles. The third-order valence-electron chi connectivity index (χ3n) is 4.75. The lowest BCUT2D eigenvalue weighted by Crippen LogP contribution is -2.42. The van der Waals surface area contributed by atoms with Gasteiger partial charge in [-0.2, -0.15) is 5.10 Å². The minimum atomic E-state index is 0.121. The van der Waals surface area contributed by atoms with E-state index >= 15 is 0 Å². The first-order valence-electron chi connectivity index (χ1n) is 8.48. The molecule has 7 heteroatoms. The Labute approximate surface area is 145 Å². The summed E-state index contributed by atoms with van der Waals surface area (Å²) in [4.78, 5) is 23.1. The summed E-state index contributed by atoms with van der Waals surface area (Å²) in [6, 6.07) is 8.04. The lowest BCUT2D eigenvalue weighted by atomic mass is 10.0. The fourth-order valence-electron chi connectivity index (χ4n) is 3.28. The molecule has 128 valence electrons. The highest BCUT2D eigenvalue weighted by Crippen LogP contribution is 2.22. The zero-order chi connectivity index (χ0) is 17.2. The van der Waals surface area contributed by atoms with Crippen molar-refractivity contribution in [2.24, 2.45) is 0 Å². The Morgan fingerprint density at radius 1 is 1.24 bits per heavy atom. The summed E-state index contributed by atoms with van der Waals surface area (Å²) in [7, 11) is 0. The van der Waals surface area contributed by atoms with Crippen molar-refractivity contribution in [3.63, 3.8) is 0 Å². The number of benzene rings is 1. The number of hydrogen-bond donors (Lipinski definition) is 2. The fourth-order valence-corrected chi connectivity index (χ4v) is 3.28. The van der Waals surface area contributed by atoms with E-state index in [0.717, 1.165) is 53.9 Å². The molecule has 4 rings (SSSR count). The molecule has 2 N–H and O–H groups in total. The number of aromatic amines is 1. The molecule has 7 nitrogen and oxygen atoms in total. The van der Waals surface area contributed by atoms with Crippen LogP contribution in [0.5, 0.6) is 0 Å². The van der Waals surface area contributed by atoms with E-state index in [2.05, 4.69) is 25.5 Å². The monoisotopic (exact) mass is 336 g/mol. The molecule has 0 aliphatic carbocycles. The number of fused-ring (bicyclic) bond motifs is 1. The van der Waals surface area contributed by atoms with E-state index in [4.69, 9.17) is 0 Å². The summed E-state index contributed by atoms with van der Waals surface area (Å²) in [6.45, 7) is 3.46. The first-order valence-corrected chi connectivity index (χ1v) is 8.48. The molecular formula is C18H20N6O. The van der Waals surface area contributed by atoms with E-state index in [1.165, 1.54) is 6.33 Å². The molecule has 3 aromatic rings. The van der Waals surface area contributed by atoms with E-state index in [1.807, 2.05) is 36.1 Å². The Balaban J connectivity index is 1.41. The maximum atomic E-state index is 12.7. The maximum absolute atomic E-state index is 12.7. The van der Waals surface area contributed by atoms with Crippen LogP contribution in [0, 0.1) is 6.92 Å². The zero-order valence-corrected chi connectivity index (χ0v) is 14.1. The molecule has 1 fully saturated rings. The van der Waals surface area contributed by atoms with Gasteiger partial charge in [0.1, 0.15) is 12.1 Å². The SMILES string of the molecule is Cc1ccccc1C(=O)N1CCC(Nc2ncnc3[nH]ncc23)CC1. The number of amides is 1. The van der Waals surface area contributed by atoms with Crippen molar-refractivity contribution < 1.29 is 4.79 Å². The van der Waals surface area contributed by atoms with Crippen molar-refractivity contribution in [2.75, 3.05) is 18.4 Å². The van der Waals surface area contributed by atoms with Crippen LogP contribution in [0.25, 0.3) is 11.0 Å². The maximum Gasteiger partial charge on any atom is 0.254 e. The van der Waals surface area contributed by atoms with Crippen LogP contribution in [0.3, 0.4) is 0 Å². The van der Waals surface area contributed by atoms with Crippen molar-refractivity contribution in [1.29, 1.82) is 0 Å². The van der Waals surface area contributed by atoms with Crippen LogP contribution in [0.2, 0.25) is 0 Å². The first-order chi connectivity index (χ1) is 12.2. The number of rotatable bonds is 3. The van der Waals surface area contributed by atoms with Crippen molar-refractivity contribution in [2.45, 2.75) is 25.8 Å². The predicted octanol–water partition coefficient (Wildman–Crippen LogP) is 2.38. The van der Waals surface area contributed by atoms with Gasteiger partial charge in [-0.15, -0.1) is 0 Å². The minimum absolute atomic E-state index is 0.121. The number of anilines is 1. The minimum Gasteiger partial charge on any atom is -0.366 e. The number of aryl methyl sites for hydroxylation is 1. The van der Waals surface area contributed by atoms with Gasteiger partial charge >= 0.3 is 0 Å². The molecule has 1 amide bonds. The lowest BCUT2D eigenvalue weighted by molar-refractivity contribution is 0.0717. The Hall–Kier alpha value is -2.96. The van der Waals surface area contributed by atoms with E-state index in [0.29, 0.717) is 0 Å². The highest BCUT2D eigenvalue weighted by molar-refractivity contribution is 5.95. The van der Waals surface area contributed by atoms with E-state index in [1.54, 1.807) is 6.20 Å². The van der Waals surface area contributed by atoms with Gasteiger partial charge in [-0.25, -0.2) is 9.97 Å². The van der Waals surface area contributed by atoms with Crippen molar-refractivity contribution in [3.8, 4) is 0 Å². The van der Waals surface area contributed by atoms with Gasteiger partial charge in [0.25, 0.3) is 5.91 Å². The van der Waals surface area contributed by atoms with E-state index in [-0.39, 0.29) is 11.9 Å². The second-order valence-corrected chi connectivity index (χ2v) is 6.38. The number of aromatic nitrogens is 4. The van der Waals surface area contributed by atoms with Crippen LogP contribution >= 0.6 is 0 Å². The summed E-state index contributed by atoms with van der Waals surface area (Å²) in [5.41, 5.74) is 2.55. The highest BCUT2D eigenvalue weighted by atomic mass is 16.2. The fraction of sp³-hybridized carbons (Fsp3) is 0.333. The highest BCUT2D eigenvalue weighted by Gasteiger charge is 2.25. The number of likely N-dealkylation sites (tertiary alicyclic amines) is 1. The molecule has 0 unspecified atom stereocenters. The Kier molecular flexibility index (Phi) is 4.05. The lowest BCUT2D eigenvalue weighted by Gasteiger charge is -2.33. The summed E-state index contributed by atoms with van der Waals surface area (Å²) < 4.78 is 0. The normalized spacial score (nSPS) is 15.5. The van der Waals surface area contributed by atoms with Crippen LogP contribution in [0.4, 0.5) is 5.82 Å². The van der Waals surface area contributed by atoms with Gasteiger partial charge in [-0.3, -0.25) is 9.89 Å². The summed E-state index contributed by atoms with van der Waals surface area (Å²) in [6.07, 6.45) is 5.04. The zero-order valence-electron chi connectivity index (χ0n) is 14.1. The number of hydrogen-bond acceptors (Lipinski definition) is 5. The summed E-state index contributed by atoms with van der Waals surface area (Å²) in [5, 5.41) is 11.2. The average Bonchev–Trinajstić information content (AvgIpc) is 3.12. The van der Waals surface area contributed by atoms with Crippen LogP contribution in [0.1, 0.15) is 28.8 Å². The second-order valence-electron chi connectivity index (χ2n) is 6.38. The molecule has 1 saturated heterocycles. The largest absolute Gasteiger partial charge is 0.366 e. The molecule has 25 heavy (non-hydrogen) atoms. The van der Waals surface area contributed by atoms with Crippen LogP contribution < -0.4 is 5.32 Å². The molecule has 0 radical (unpaired) electrons. The Bertz CT molecular complexity index is 897. The van der Waals surface area contributed by atoms with Crippen LogP contribution in [-0.4, -0.2) is 50.1 Å². The predicted molar refractivity (Wildman–Crippen MR) is 95.4 cm³/mol. The average molecular weight is 336 g/mol. The number of carbonyl (C=O) groups is 1. The topological polar surface area (TPSA) is 86.8 Å². The summed E-state index contributed by atoms with van der Waals surface area (Å²) >= 11 is 0. The molecule has 1 aliphatic rings. The number of carbonyl (C=O) groups excluding carboxylic acids is 1. The quantitative estimate of drug-likeness (QED) is 0.767. The van der Waals surface area contributed by atoms with Crippen LogP contribution in [-0.2, 0) is 0 Å². The third-order valence-corrected chi connectivity index (χ3v) is 4.75. The van der Waals surface area contributed by atoms with Gasteiger partial charge in [0.15, 0.2) is 5.65 Å². The standard InChI is InChI=1S/C18H20N6O/c1-12-4-2-3-5-14(12)18(25)24-8-6-13(7-9-24)22-16-15-10-21-23-17(15)20-11-19-16/h2-5,10-11,13H,6-9H2,1H3,(H2,19,20,21,22,23). The van der Waals surface area contributed by atoms with Gasteiger partial charge in [-0.1, -0.05) is 18.2 Å². The molecule has 1 aliphatic heterocycles. The number of H-pyrrole nitrogens is 1.